The first-order chi connectivity index (χ1) is 10.1. The van der Waals surface area contributed by atoms with Crippen molar-refractivity contribution in [1.29, 1.82) is 0 Å². The van der Waals surface area contributed by atoms with Gasteiger partial charge in [0.1, 0.15) is 0 Å². The number of carboxylic acids is 1. The maximum absolute atomic E-state index is 12.0. The first-order valence-electron chi connectivity index (χ1n) is 6.94. The maximum atomic E-state index is 12.0. The molecular formula is C14H19N3O4. The molecule has 0 radical (unpaired) electrons. The van der Waals surface area contributed by atoms with Crippen molar-refractivity contribution >= 4 is 17.7 Å². The zero-order valence-corrected chi connectivity index (χ0v) is 11.7. The molecule has 0 spiro atoms. The van der Waals surface area contributed by atoms with Crippen LogP contribution in [-0.2, 0) is 9.53 Å². The largest absolute Gasteiger partial charge is 0.481 e. The highest BCUT2D eigenvalue weighted by molar-refractivity contribution is 5.89. The molecule has 1 saturated heterocycles. The molecule has 0 unspecified atom stereocenters. The summed E-state index contributed by atoms with van der Waals surface area (Å²) in [5, 5.41) is 11.3. The van der Waals surface area contributed by atoms with Crippen molar-refractivity contribution in [1.82, 2.24) is 9.88 Å². The van der Waals surface area contributed by atoms with E-state index in [0.29, 0.717) is 18.8 Å². The third-order valence-corrected chi connectivity index (χ3v) is 3.31. The van der Waals surface area contributed by atoms with Crippen molar-refractivity contribution in [2.24, 2.45) is 0 Å². The number of nitrogens with one attached hydrogen (secondary N) is 1. The molecule has 0 aromatic carbocycles. The first-order valence-corrected chi connectivity index (χ1v) is 6.94. The molecule has 0 bridgehead atoms. The number of amides is 2. The van der Waals surface area contributed by atoms with Crippen LogP contribution in [0.1, 0.15) is 19.3 Å². The molecule has 0 aliphatic carbocycles. The van der Waals surface area contributed by atoms with Crippen LogP contribution in [0.5, 0.6) is 0 Å². The van der Waals surface area contributed by atoms with E-state index in [-0.39, 0.29) is 25.2 Å². The van der Waals surface area contributed by atoms with Crippen LogP contribution >= 0.6 is 0 Å². The van der Waals surface area contributed by atoms with E-state index >= 15 is 0 Å². The quantitative estimate of drug-likeness (QED) is 0.859. The van der Waals surface area contributed by atoms with Crippen LogP contribution in [-0.4, -0.2) is 52.8 Å². The topological polar surface area (TPSA) is 91.8 Å². The number of carboxylic acid groups (broad SMARTS) is 1. The lowest BCUT2D eigenvalue weighted by molar-refractivity contribution is -0.138. The third kappa shape index (κ3) is 5.03. The van der Waals surface area contributed by atoms with Gasteiger partial charge in [0.05, 0.1) is 31.0 Å². The Morgan fingerprint density at radius 3 is 2.81 bits per heavy atom. The van der Waals surface area contributed by atoms with Crippen LogP contribution in [0.15, 0.2) is 24.5 Å². The second kappa shape index (κ2) is 7.58. The van der Waals surface area contributed by atoms with Gasteiger partial charge in [0.15, 0.2) is 0 Å². The zero-order chi connectivity index (χ0) is 15.1. The zero-order valence-electron chi connectivity index (χ0n) is 11.7. The Hall–Kier alpha value is -2.15. The second-order valence-electron chi connectivity index (χ2n) is 4.87. The number of rotatable bonds is 5. The van der Waals surface area contributed by atoms with Crippen molar-refractivity contribution in [3.8, 4) is 0 Å². The number of pyridine rings is 1. The minimum Gasteiger partial charge on any atom is -0.481 e. The molecule has 114 valence electrons. The van der Waals surface area contributed by atoms with Crippen molar-refractivity contribution in [3.63, 3.8) is 0 Å². The van der Waals surface area contributed by atoms with Crippen LogP contribution in [0.25, 0.3) is 0 Å². The Labute approximate surface area is 122 Å². The second-order valence-corrected chi connectivity index (χ2v) is 4.87. The van der Waals surface area contributed by atoms with E-state index in [9.17, 15) is 9.59 Å². The molecule has 7 heteroatoms. The molecule has 2 N–H and O–H groups in total. The van der Waals surface area contributed by atoms with E-state index in [1.807, 2.05) is 0 Å². The number of ether oxygens (including phenoxy) is 1. The molecular weight excluding hydrogens is 274 g/mol. The lowest BCUT2D eigenvalue weighted by Crippen LogP contribution is -2.43. The Morgan fingerprint density at radius 1 is 1.43 bits per heavy atom. The van der Waals surface area contributed by atoms with Gasteiger partial charge in [-0.25, -0.2) is 4.79 Å². The number of urea groups is 1. The number of aromatic nitrogens is 1. The lowest BCUT2D eigenvalue weighted by atomic mass is 10.1. The number of hydrogen-bond acceptors (Lipinski definition) is 4. The highest BCUT2D eigenvalue weighted by Crippen LogP contribution is 2.15. The van der Waals surface area contributed by atoms with Gasteiger partial charge >= 0.3 is 12.0 Å². The first kappa shape index (κ1) is 15.2. The van der Waals surface area contributed by atoms with E-state index in [4.69, 9.17) is 9.84 Å². The summed E-state index contributed by atoms with van der Waals surface area (Å²) >= 11 is 0. The molecule has 2 amide bonds. The molecule has 1 fully saturated rings. The molecule has 0 saturated carbocycles. The molecule has 1 aromatic heterocycles. The number of nitrogens with zero attached hydrogens (tertiary/aromatic N) is 2. The number of carbonyl (C=O) groups excluding carboxylic acids is 1. The Kier molecular flexibility index (Phi) is 5.51. The summed E-state index contributed by atoms with van der Waals surface area (Å²) in [6, 6.07) is 3.40. The Morgan fingerprint density at radius 2 is 2.19 bits per heavy atom. The maximum Gasteiger partial charge on any atom is 0.321 e. The minimum atomic E-state index is -0.858. The lowest BCUT2D eigenvalue weighted by Gasteiger charge is -2.31. The van der Waals surface area contributed by atoms with Gasteiger partial charge < -0.3 is 20.1 Å². The number of piperidine rings is 1. The van der Waals surface area contributed by atoms with Gasteiger partial charge in [0.2, 0.25) is 0 Å². The highest BCUT2D eigenvalue weighted by Gasteiger charge is 2.23. The molecule has 7 nitrogen and oxygen atoms in total. The van der Waals surface area contributed by atoms with Gasteiger partial charge in [-0.05, 0) is 25.0 Å². The number of carbonyl (C=O) groups is 2. The van der Waals surface area contributed by atoms with Gasteiger partial charge in [-0.1, -0.05) is 0 Å². The average Bonchev–Trinajstić information content (AvgIpc) is 2.48. The summed E-state index contributed by atoms with van der Waals surface area (Å²) in [6.45, 7) is 1.43. The van der Waals surface area contributed by atoms with E-state index in [2.05, 4.69) is 10.3 Å². The minimum absolute atomic E-state index is 0.0156. The fourth-order valence-electron chi connectivity index (χ4n) is 2.18. The predicted molar refractivity (Wildman–Crippen MR) is 76.1 cm³/mol. The van der Waals surface area contributed by atoms with E-state index < -0.39 is 5.97 Å². The summed E-state index contributed by atoms with van der Waals surface area (Å²) in [4.78, 5) is 28.1. The fourth-order valence-corrected chi connectivity index (χ4v) is 2.18. The summed E-state index contributed by atoms with van der Waals surface area (Å²) in [7, 11) is 0. The monoisotopic (exact) mass is 293 g/mol. The van der Waals surface area contributed by atoms with E-state index in [1.54, 1.807) is 29.4 Å². The molecule has 1 aromatic rings. The Balaban J connectivity index is 1.71. The van der Waals surface area contributed by atoms with Gasteiger partial charge in [-0.3, -0.25) is 9.78 Å². The van der Waals surface area contributed by atoms with E-state index in [1.165, 1.54) is 0 Å². The van der Waals surface area contributed by atoms with Crippen LogP contribution in [0.4, 0.5) is 10.5 Å². The van der Waals surface area contributed by atoms with Crippen LogP contribution in [0, 0.1) is 0 Å². The van der Waals surface area contributed by atoms with E-state index in [0.717, 1.165) is 12.8 Å². The molecule has 1 aliphatic rings. The summed E-state index contributed by atoms with van der Waals surface area (Å²) in [5.41, 5.74) is 0.669. The summed E-state index contributed by atoms with van der Waals surface area (Å²) in [6.07, 6.45) is 4.74. The van der Waals surface area contributed by atoms with Crippen molar-refractivity contribution in [3.05, 3.63) is 24.5 Å². The van der Waals surface area contributed by atoms with Crippen LogP contribution in [0.3, 0.4) is 0 Å². The van der Waals surface area contributed by atoms with Gasteiger partial charge in [-0.2, -0.15) is 0 Å². The van der Waals surface area contributed by atoms with Gasteiger partial charge in [-0.15, -0.1) is 0 Å². The predicted octanol–water partition coefficient (Wildman–Crippen LogP) is 1.57. The highest BCUT2D eigenvalue weighted by atomic mass is 16.5. The molecule has 21 heavy (non-hydrogen) atoms. The standard InChI is InChI=1S/C14H19N3O4/c18-13(19)5-9-21-12-3-7-17(8-4-12)14(20)16-11-2-1-6-15-10-11/h1-2,6,10,12H,3-5,7-9H2,(H,16,20)(H,18,19). The SMILES string of the molecule is O=C(O)CCOC1CCN(C(=O)Nc2cccnc2)CC1. The molecule has 1 aliphatic heterocycles. The van der Waals surface area contributed by atoms with Crippen molar-refractivity contribution in [2.75, 3.05) is 25.0 Å². The summed E-state index contributed by atoms with van der Waals surface area (Å²) in [5.74, 6) is -0.858. The third-order valence-electron chi connectivity index (χ3n) is 3.31. The van der Waals surface area contributed by atoms with Gasteiger partial charge in [0, 0.05) is 19.3 Å². The number of likely N-dealkylation sites (tertiary alicyclic amines) is 1. The molecule has 2 rings (SSSR count). The van der Waals surface area contributed by atoms with Crippen molar-refractivity contribution < 1.29 is 19.4 Å². The smallest absolute Gasteiger partial charge is 0.321 e. The van der Waals surface area contributed by atoms with Gasteiger partial charge in [0.25, 0.3) is 0 Å². The fraction of sp³-hybridized carbons (Fsp3) is 0.500. The Bertz CT molecular complexity index is 472. The van der Waals surface area contributed by atoms with Crippen LogP contribution in [0.2, 0.25) is 0 Å². The molecule has 2 heterocycles. The number of aliphatic carboxylic acids is 1. The van der Waals surface area contributed by atoms with Crippen LogP contribution < -0.4 is 5.32 Å². The normalized spacial score (nSPS) is 15.7. The number of anilines is 1. The molecule has 0 atom stereocenters. The summed E-state index contributed by atoms with van der Waals surface area (Å²) < 4.78 is 5.49. The average molecular weight is 293 g/mol. The van der Waals surface area contributed by atoms with Crippen molar-refractivity contribution in [2.45, 2.75) is 25.4 Å². The number of hydrogen-bond donors (Lipinski definition) is 2.